The predicted molar refractivity (Wildman–Crippen MR) is 67.3 cm³/mol. The van der Waals surface area contributed by atoms with Gasteiger partial charge in [0.2, 0.25) is 0 Å². The van der Waals surface area contributed by atoms with Crippen molar-refractivity contribution in [1.29, 1.82) is 0 Å². The molecule has 4 N–H and O–H groups in total. The molecule has 1 fully saturated rings. The van der Waals surface area contributed by atoms with Crippen molar-refractivity contribution in [2.75, 3.05) is 18.1 Å². The van der Waals surface area contributed by atoms with Crippen LogP contribution in [0.1, 0.15) is 0 Å². The molecule has 0 saturated carbocycles. The average Bonchev–Trinajstić information content (AvgIpc) is 2.34. The predicted octanol–water partition coefficient (Wildman–Crippen LogP) is 1.13. The molecule has 0 spiro atoms. The van der Waals surface area contributed by atoms with E-state index >= 15 is 0 Å². The molecule has 13 heavy (non-hydrogen) atoms. The number of hydrogen-bond acceptors (Lipinski definition) is 6. The van der Waals surface area contributed by atoms with Crippen LogP contribution in [0.5, 0.6) is 0 Å². The smallest absolute Gasteiger partial charge is 0.132 e. The van der Waals surface area contributed by atoms with Gasteiger partial charge in [0.05, 0.1) is 5.37 Å². The number of hydrazine groups is 1. The van der Waals surface area contributed by atoms with Gasteiger partial charge in [0.15, 0.2) is 0 Å². The van der Waals surface area contributed by atoms with Gasteiger partial charge in [-0.05, 0) is 0 Å². The van der Waals surface area contributed by atoms with E-state index in [1.165, 1.54) is 0 Å². The molecule has 2 unspecified atom stereocenters. The van der Waals surface area contributed by atoms with Crippen molar-refractivity contribution in [2.24, 2.45) is 11.5 Å². The summed E-state index contributed by atoms with van der Waals surface area (Å²) in [7, 11) is 0. The highest BCUT2D eigenvalue weighted by atomic mass is 79.9. The molecule has 1 heterocycles. The lowest BCUT2D eigenvalue weighted by Gasteiger charge is -2.19. The molecular weight excluding hydrogens is 340 g/mol. The van der Waals surface area contributed by atoms with Crippen LogP contribution in [0.25, 0.3) is 0 Å². The molecule has 0 aromatic heterocycles. The van der Waals surface area contributed by atoms with E-state index in [0.29, 0.717) is 5.37 Å². The summed E-state index contributed by atoms with van der Waals surface area (Å²) in [6.07, 6.45) is 0. The molecule has 1 rings (SSSR count). The average molecular weight is 352 g/mol. The van der Waals surface area contributed by atoms with Gasteiger partial charge in [0.1, 0.15) is 5.50 Å². The van der Waals surface area contributed by atoms with Gasteiger partial charge >= 0.3 is 0 Å². The maximum atomic E-state index is 5.80. The highest BCUT2D eigenvalue weighted by Crippen LogP contribution is 2.37. The van der Waals surface area contributed by atoms with Crippen molar-refractivity contribution < 1.29 is 0 Å². The Kier molecular flexibility index (Phi) is 5.96. The summed E-state index contributed by atoms with van der Waals surface area (Å²) in [5.41, 5.74) is 11.2. The van der Waals surface area contributed by atoms with Gasteiger partial charge in [0, 0.05) is 50.3 Å². The van der Waals surface area contributed by atoms with Gasteiger partial charge in [-0.1, -0.05) is 0 Å². The SMILES string of the molecule is NCCSCC1SC(N)N(Br)N1Br. The van der Waals surface area contributed by atoms with Gasteiger partial charge in [0.25, 0.3) is 0 Å². The van der Waals surface area contributed by atoms with E-state index in [0.717, 1.165) is 18.1 Å². The lowest BCUT2D eigenvalue weighted by Crippen LogP contribution is -2.33. The Labute approximate surface area is 104 Å². The fourth-order valence-electron chi connectivity index (χ4n) is 0.861. The first kappa shape index (κ1) is 12.6. The third-order valence-corrected chi connectivity index (χ3v) is 6.48. The van der Waals surface area contributed by atoms with E-state index in [4.69, 9.17) is 11.5 Å². The number of rotatable bonds is 4. The summed E-state index contributed by atoms with van der Waals surface area (Å²) in [5, 5.41) is 0.367. The Morgan fingerprint density at radius 3 is 2.54 bits per heavy atom. The molecule has 0 bridgehead atoms. The van der Waals surface area contributed by atoms with E-state index in [-0.39, 0.29) is 5.50 Å². The van der Waals surface area contributed by atoms with Crippen LogP contribution in [0.3, 0.4) is 0 Å². The first-order valence-electron chi connectivity index (χ1n) is 3.75. The van der Waals surface area contributed by atoms with Crippen LogP contribution in [-0.2, 0) is 0 Å². The van der Waals surface area contributed by atoms with Crippen LogP contribution in [0, 0.1) is 0 Å². The Morgan fingerprint density at radius 2 is 2.08 bits per heavy atom. The summed E-state index contributed by atoms with van der Waals surface area (Å²) < 4.78 is 3.72. The number of hydrogen-bond donors (Lipinski definition) is 2. The molecular formula is C5H12Br2N4S2. The number of nitrogens with zero attached hydrogens (tertiary/aromatic N) is 2. The molecule has 0 aliphatic carbocycles. The molecule has 1 aliphatic heterocycles. The molecule has 2 atom stereocenters. The third-order valence-electron chi connectivity index (χ3n) is 1.45. The third kappa shape index (κ3) is 3.53. The van der Waals surface area contributed by atoms with E-state index in [1.807, 2.05) is 15.8 Å². The van der Waals surface area contributed by atoms with Gasteiger partial charge in [-0.15, -0.1) is 19.8 Å². The fourth-order valence-corrected chi connectivity index (χ4v) is 4.44. The topological polar surface area (TPSA) is 58.5 Å². The number of thioether (sulfide) groups is 2. The number of nitrogens with two attached hydrogens (primary N) is 2. The summed E-state index contributed by atoms with van der Waals surface area (Å²) >= 11 is 10.3. The fraction of sp³-hybridized carbons (Fsp3) is 1.00. The van der Waals surface area contributed by atoms with Crippen molar-refractivity contribution >= 4 is 55.8 Å². The summed E-state index contributed by atoms with van der Waals surface area (Å²) in [6, 6.07) is 0. The van der Waals surface area contributed by atoms with Crippen LogP contribution in [0.2, 0.25) is 0 Å². The molecule has 8 heteroatoms. The standard InChI is InChI=1S/C5H12Br2N4S2/c6-10-4(3-12-2-1-8)13-5(9)11(10)7/h4-5H,1-3,8-9H2. The van der Waals surface area contributed by atoms with Crippen LogP contribution in [0.4, 0.5) is 0 Å². The minimum Gasteiger partial charge on any atom is -0.330 e. The lowest BCUT2D eigenvalue weighted by molar-refractivity contribution is 0.234. The highest BCUT2D eigenvalue weighted by Gasteiger charge is 2.35. The lowest BCUT2D eigenvalue weighted by atomic mass is 10.8. The van der Waals surface area contributed by atoms with Gasteiger partial charge < -0.3 is 11.5 Å². The van der Waals surface area contributed by atoms with E-state index in [9.17, 15) is 0 Å². The van der Waals surface area contributed by atoms with Crippen molar-refractivity contribution in [3.63, 3.8) is 0 Å². The van der Waals surface area contributed by atoms with Gasteiger partial charge in [-0.25, -0.2) is 0 Å². The minimum absolute atomic E-state index is 0.0251. The van der Waals surface area contributed by atoms with Crippen LogP contribution in [-0.4, -0.2) is 37.0 Å². The first-order valence-corrected chi connectivity index (χ1v) is 7.27. The summed E-state index contributed by atoms with van der Waals surface area (Å²) in [5.74, 6) is 2.01. The zero-order chi connectivity index (χ0) is 9.84. The van der Waals surface area contributed by atoms with Gasteiger partial charge in [-0.3, -0.25) is 0 Å². The summed E-state index contributed by atoms with van der Waals surface area (Å²) in [4.78, 5) is 0. The van der Waals surface area contributed by atoms with Crippen molar-refractivity contribution in [3.05, 3.63) is 0 Å². The highest BCUT2D eigenvalue weighted by molar-refractivity contribution is 9.09. The quantitative estimate of drug-likeness (QED) is 0.585. The first-order chi connectivity index (χ1) is 6.16. The molecule has 1 aliphatic rings. The second kappa shape index (κ2) is 6.16. The second-order valence-electron chi connectivity index (χ2n) is 2.42. The molecule has 1 saturated heterocycles. The normalized spacial score (nSPS) is 31.4. The molecule has 0 aromatic carbocycles. The zero-order valence-corrected chi connectivity index (χ0v) is 11.7. The van der Waals surface area contributed by atoms with E-state index < -0.39 is 0 Å². The number of halogens is 2. The Morgan fingerprint density at radius 1 is 1.38 bits per heavy atom. The Balaban J connectivity index is 2.27. The van der Waals surface area contributed by atoms with Crippen molar-refractivity contribution in [1.82, 2.24) is 8.07 Å². The Hall–Kier alpha value is 1.50. The Bertz CT molecular complexity index is 163. The van der Waals surface area contributed by atoms with Crippen LogP contribution >= 0.6 is 55.8 Å². The van der Waals surface area contributed by atoms with Crippen molar-refractivity contribution in [3.8, 4) is 0 Å². The molecule has 4 nitrogen and oxygen atoms in total. The molecule has 78 valence electrons. The molecule has 0 aromatic rings. The van der Waals surface area contributed by atoms with E-state index in [2.05, 4.69) is 32.3 Å². The zero-order valence-electron chi connectivity index (χ0n) is 6.90. The monoisotopic (exact) mass is 350 g/mol. The largest absolute Gasteiger partial charge is 0.330 e. The summed E-state index contributed by atoms with van der Waals surface area (Å²) in [6.45, 7) is 0.731. The minimum atomic E-state index is -0.0251. The molecule has 0 radical (unpaired) electrons. The van der Waals surface area contributed by atoms with Crippen LogP contribution < -0.4 is 11.5 Å². The van der Waals surface area contributed by atoms with Crippen LogP contribution in [0.15, 0.2) is 0 Å². The molecule has 0 amide bonds. The van der Waals surface area contributed by atoms with E-state index in [1.54, 1.807) is 15.8 Å². The second-order valence-corrected chi connectivity index (χ2v) is 6.32. The van der Waals surface area contributed by atoms with Crippen molar-refractivity contribution in [2.45, 2.75) is 10.9 Å². The maximum absolute atomic E-state index is 5.80. The maximum Gasteiger partial charge on any atom is 0.132 e. The van der Waals surface area contributed by atoms with Gasteiger partial charge in [-0.2, -0.15) is 11.8 Å².